The Hall–Kier alpha value is -3.46. The molecule has 2 heterocycles. The Bertz CT molecular complexity index is 1330. The summed E-state index contributed by atoms with van der Waals surface area (Å²) >= 11 is 6.47. The number of anilines is 1. The summed E-state index contributed by atoms with van der Waals surface area (Å²) in [6, 6.07) is 14.2. The zero-order valence-corrected chi connectivity index (χ0v) is 18.9. The van der Waals surface area contributed by atoms with Crippen LogP contribution in [0.3, 0.4) is 0 Å². The van der Waals surface area contributed by atoms with Crippen molar-refractivity contribution in [1.82, 2.24) is 15.0 Å². The van der Waals surface area contributed by atoms with Gasteiger partial charge in [-0.3, -0.25) is 4.79 Å². The van der Waals surface area contributed by atoms with E-state index in [0.717, 1.165) is 0 Å². The maximum Gasteiger partial charge on any atom is 0.196 e. The Labute approximate surface area is 200 Å². The van der Waals surface area contributed by atoms with E-state index in [2.05, 4.69) is 20.3 Å². The molecule has 0 saturated heterocycles. The second-order valence-corrected chi connectivity index (χ2v) is 8.73. The van der Waals surface area contributed by atoms with E-state index in [4.69, 9.17) is 16.3 Å². The number of aromatic nitrogens is 3. The second kappa shape index (κ2) is 9.42. The van der Waals surface area contributed by atoms with Crippen molar-refractivity contribution in [3.05, 3.63) is 77.2 Å². The molecule has 4 aromatic rings. The Morgan fingerprint density at radius 1 is 1.03 bits per heavy atom. The van der Waals surface area contributed by atoms with E-state index in [1.807, 2.05) is 30.3 Å². The number of aromatic amines is 1. The number of H-pyrrole nitrogens is 1. The smallest absolute Gasteiger partial charge is 0.196 e. The van der Waals surface area contributed by atoms with Gasteiger partial charge in [0.05, 0.1) is 28.2 Å². The summed E-state index contributed by atoms with van der Waals surface area (Å²) in [5.41, 5.74) is 1.22. The van der Waals surface area contributed by atoms with Crippen LogP contribution in [0.2, 0.25) is 5.02 Å². The number of benzene rings is 2. The summed E-state index contributed by atoms with van der Waals surface area (Å²) < 4.78 is 5.80. The van der Waals surface area contributed by atoms with Crippen LogP contribution in [0.15, 0.2) is 61.1 Å². The van der Waals surface area contributed by atoms with Crippen molar-refractivity contribution < 1.29 is 19.7 Å². The van der Waals surface area contributed by atoms with Crippen molar-refractivity contribution in [3.8, 4) is 11.5 Å². The molecule has 1 saturated carbocycles. The zero-order chi connectivity index (χ0) is 23.7. The Balaban J connectivity index is 1.42. The van der Waals surface area contributed by atoms with Crippen LogP contribution in [-0.2, 0) is 0 Å². The lowest BCUT2D eigenvalue weighted by Crippen LogP contribution is -2.39. The first-order valence-electron chi connectivity index (χ1n) is 11.0. The molecule has 5 rings (SSSR count). The van der Waals surface area contributed by atoms with Crippen molar-refractivity contribution in [1.29, 1.82) is 0 Å². The molecule has 4 N–H and O–H groups in total. The van der Waals surface area contributed by atoms with Crippen molar-refractivity contribution in [3.63, 3.8) is 0 Å². The average Bonchev–Trinajstić information content (AvgIpc) is 3.27. The maximum absolute atomic E-state index is 13.4. The van der Waals surface area contributed by atoms with Crippen LogP contribution in [0.4, 0.5) is 5.82 Å². The normalized spacial score (nSPS) is 20.3. The minimum absolute atomic E-state index is 0.0904. The number of hydrogen-bond donors (Lipinski definition) is 4. The fourth-order valence-electron chi connectivity index (χ4n) is 4.22. The molecule has 0 bridgehead atoms. The second-order valence-electron chi connectivity index (χ2n) is 8.32. The number of ether oxygens (including phenoxy) is 1. The highest BCUT2D eigenvalue weighted by atomic mass is 35.5. The van der Waals surface area contributed by atoms with Crippen LogP contribution in [0.1, 0.15) is 35.2 Å². The van der Waals surface area contributed by atoms with Gasteiger partial charge < -0.3 is 25.3 Å². The van der Waals surface area contributed by atoms with E-state index in [0.29, 0.717) is 58.7 Å². The number of ketones is 1. The van der Waals surface area contributed by atoms with Gasteiger partial charge in [0.15, 0.2) is 5.78 Å². The molecule has 2 aromatic heterocycles. The maximum atomic E-state index is 13.4. The van der Waals surface area contributed by atoms with E-state index < -0.39 is 12.2 Å². The number of carbonyl (C=O) groups excluding carboxylic acids is 1. The van der Waals surface area contributed by atoms with Gasteiger partial charge in [0.2, 0.25) is 0 Å². The van der Waals surface area contributed by atoms with Crippen LogP contribution >= 0.6 is 11.6 Å². The number of nitrogens with zero attached hydrogens (tertiary/aromatic N) is 2. The molecule has 0 unspecified atom stereocenters. The minimum Gasteiger partial charge on any atom is -0.457 e. The summed E-state index contributed by atoms with van der Waals surface area (Å²) in [4.78, 5) is 25.1. The largest absolute Gasteiger partial charge is 0.457 e. The Morgan fingerprint density at radius 3 is 2.62 bits per heavy atom. The number of para-hydroxylation sites is 1. The number of halogens is 1. The third kappa shape index (κ3) is 4.48. The van der Waals surface area contributed by atoms with Gasteiger partial charge >= 0.3 is 0 Å². The quantitative estimate of drug-likeness (QED) is 0.304. The lowest BCUT2D eigenvalue weighted by molar-refractivity contribution is -0.0120. The number of carbonyl (C=O) groups is 1. The molecule has 8 nitrogen and oxygen atoms in total. The Morgan fingerprint density at radius 2 is 1.85 bits per heavy atom. The van der Waals surface area contributed by atoms with Gasteiger partial charge in [-0.2, -0.15) is 0 Å². The van der Waals surface area contributed by atoms with Gasteiger partial charge in [0.1, 0.15) is 29.3 Å². The fraction of sp³-hybridized carbons (Fsp3) is 0.240. The highest BCUT2D eigenvalue weighted by Gasteiger charge is 2.29. The summed E-state index contributed by atoms with van der Waals surface area (Å²) in [6.07, 6.45) is 3.03. The lowest BCUT2D eigenvalue weighted by Gasteiger charge is -2.31. The minimum atomic E-state index is -0.800. The molecule has 0 spiro atoms. The van der Waals surface area contributed by atoms with Gasteiger partial charge in [0.25, 0.3) is 0 Å². The van der Waals surface area contributed by atoms with Gasteiger partial charge in [-0.25, -0.2) is 9.97 Å². The van der Waals surface area contributed by atoms with Crippen molar-refractivity contribution >= 4 is 34.2 Å². The van der Waals surface area contributed by atoms with Crippen LogP contribution in [0.5, 0.6) is 11.5 Å². The molecule has 1 aliphatic carbocycles. The predicted octanol–water partition coefficient (Wildman–Crippen LogP) is 4.32. The number of aliphatic hydroxyl groups is 2. The molecule has 1 fully saturated rings. The fourth-order valence-corrected chi connectivity index (χ4v) is 4.48. The van der Waals surface area contributed by atoms with E-state index in [1.54, 1.807) is 24.4 Å². The van der Waals surface area contributed by atoms with Gasteiger partial charge in [-0.1, -0.05) is 29.8 Å². The molecule has 0 amide bonds. The number of fused-ring (bicyclic) bond motifs is 1. The summed E-state index contributed by atoms with van der Waals surface area (Å²) in [5, 5.41) is 24.0. The molecule has 2 aromatic carbocycles. The zero-order valence-electron chi connectivity index (χ0n) is 18.1. The molecule has 34 heavy (non-hydrogen) atoms. The first kappa shape index (κ1) is 22.3. The van der Waals surface area contributed by atoms with Crippen molar-refractivity contribution in [2.24, 2.45) is 0 Å². The topological polar surface area (TPSA) is 120 Å². The van der Waals surface area contributed by atoms with Gasteiger partial charge in [0, 0.05) is 23.9 Å². The SMILES string of the molecule is O=C(c1ccc(Oc2ccccc2)cc1Cl)c1c[nH]c2ncnc(N[C@H]3CC[C@H](O)[C@H](O)C3)c12. The molecule has 0 radical (unpaired) electrons. The highest BCUT2D eigenvalue weighted by Crippen LogP contribution is 2.32. The third-order valence-electron chi connectivity index (χ3n) is 6.00. The third-order valence-corrected chi connectivity index (χ3v) is 6.31. The van der Waals surface area contributed by atoms with E-state index in [9.17, 15) is 15.0 Å². The lowest BCUT2D eigenvalue weighted by atomic mass is 9.90. The summed E-state index contributed by atoms with van der Waals surface area (Å²) in [7, 11) is 0. The molecule has 0 aliphatic heterocycles. The average molecular weight is 479 g/mol. The van der Waals surface area contributed by atoms with Gasteiger partial charge in [-0.15, -0.1) is 0 Å². The number of hydrogen-bond acceptors (Lipinski definition) is 7. The molecule has 3 atom stereocenters. The Kier molecular flexibility index (Phi) is 6.19. The van der Waals surface area contributed by atoms with E-state index in [-0.39, 0.29) is 16.8 Å². The van der Waals surface area contributed by atoms with E-state index >= 15 is 0 Å². The molecule has 174 valence electrons. The molecular weight excluding hydrogens is 456 g/mol. The van der Waals surface area contributed by atoms with Crippen molar-refractivity contribution in [2.45, 2.75) is 37.5 Å². The number of aliphatic hydroxyl groups excluding tert-OH is 2. The molecule has 1 aliphatic rings. The van der Waals surface area contributed by atoms with Crippen LogP contribution in [0.25, 0.3) is 11.0 Å². The highest BCUT2D eigenvalue weighted by molar-refractivity contribution is 6.35. The summed E-state index contributed by atoms with van der Waals surface area (Å²) in [6.45, 7) is 0. The van der Waals surface area contributed by atoms with Crippen LogP contribution < -0.4 is 10.1 Å². The molecule has 9 heteroatoms. The monoisotopic (exact) mass is 478 g/mol. The van der Waals surface area contributed by atoms with Gasteiger partial charge in [-0.05, 0) is 43.5 Å². The molecular formula is C25H23ClN4O4. The standard InChI is InChI=1S/C25H23ClN4O4/c26-19-11-16(34-15-4-2-1-3-5-15)7-8-17(19)23(33)18-12-27-24-22(18)25(29-13-28-24)30-14-6-9-20(31)21(32)10-14/h1-5,7-8,11-14,20-21,31-32H,6,9-10H2,(H2,27,28,29,30)/t14-,20-,21+/m0/s1. The predicted molar refractivity (Wildman–Crippen MR) is 129 cm³/mol. The van der Waals surface area contributed by atoms with E-state index in [1.165, 1.54) is 6.33 Å². The van der Waals surface area contributed by atoms with Crippen LogP contribution in [-0.4, -0.2) is 49.2 Å². The first-order valence-corrected chi connectivity index (χ1v) is 11.4. The number of rotatable bonds is 6. The number of nitrogens with one attached hydrogen (secondary N) is 2. The van der Waals surface area contributed by atoms with Crippen LogP contribution in [0, 0.1) is 0 Å². The van der Waals surface area contributed by atoms with Crippen molar-refractivity contribution in [2.75, 3.05) is 5.32 Å². The first-order chi connectivity index (χ1) is 16.5. The summed E-state index contributed by atoms with van der Waals surface area (Å²) in [5.74, 6) is 1.40.